The first kappa shape index (κ1) is 23.6. The molecule has 8 nitrogen and oxygen atoms in total. The molecule has 1 heterocycles. The fourth-order valence-corrected chi connectivity index (χ4v) is 3.36. The summed E-state index contributed by atoms with van der Waals surface area (Å²) < 4.78 is 40.4. The summed E-state index contributed by atoms with van der Waals surface area (Å²) in [7, 11) is 0. The maximum Gasteiger partial charge on any atom is 0.416 e. The highest BCUT2D eigenvalue weighted by molar-refractivity contribution is 9.10. The third-order valence-electron chi connectivity index (χ3n) is 4.06. The van der Waals surface area contributed by atoms with E-state index in [0.717, 1.165) is 38.6 Å². The number of nitrogens with one attached hydrogen (secondary N) is 2. The highest BCUT2D eigenvalue weighted by Crippen LogP contribution is 2.30. The lowest BCUT2D eigenvalue weighted by Gasteiger charge is -2.09. The number of hydrogen-bond acceptors (Lipinski definition) is 7. The number of nitrogen functional groups attached to an aromatic ring is 1. The van der Waals surface area contributed by atoms with Crippen LogP contribution in [-0.4, -0.2) is 32.2 Å². The van der Waals surface area contributed by atoms with E-state index >= 15 is 0 Å². The van der Waals surface area contributed by atoms with Gasteiger partial charge in [0.2, 0.25) is 11.1 Å². The number of carbonyl (C=O) groups excluding carboxylic acids is 1. The molecule has 0 spiro atoms. The monoisotopic (exact) mass is 527 g/mol. The van der Waals surface area contributed by atoms with Crippen LogP contribution in [0.2, 0.25) is 0 Å². The summed E-state index contributed by atoms with van der Waals surface area (Å²) in [6, 6.07) is 11.9. The van der Waals surface area contributed by atoms with Crippen molar-refractivity contribution in [2.75, 3.05) is 22.3 Å². The molecule has 32 heavy (non-hydrogen) atoms. The predicted octanol–water partition coefficient (Wildman–Crippen LogP) is 4.34. The van der Waals surface area contributed by atoms with Crippen LogP contribution in [0.1, 0.15) is 18.1 Å². The van der Waals surface area contributed by atoms with Crippen LogP contribution in [0.4, 0.5) is 24.8 Å². The second kappa shape index (κ2) is 10.0. The zero-order valence-corrected chi connectivity index (χ0v) is 18.9. The summed E-state index contributed by atoms with van der Waals surface area (Å²) in [5, 5.41) is 14.6. The van der Waals surface area contributed by atoms with E-state index in [9.17, 15) is 18.0 Å². The van der Waals surface area contributed by atoms with Gasteiger partial charge in [0.25, 0.3) is 5.95 Å². The Bertz CT molecular complexity index is 1130. The molecule has 1 amide bonds. The van der Waals surface area contributed by atoms with Crippen molar-refractivity contribution in [1.82, 2.24) is 14.9 Å². The Labute approximate surface area is 193 Å². The Morgan fingerprint density at radius 2 is 1.94 bits per heavy atom. The number of rotatable bonds is 7. The van der Waals surface area contributed by atoms with Gasteiger partial charge in [0.15, 0.2) is 0 Å². The molecule has 2 aromatic carbocycles. The third-order valence-corrected chi connectivity index (χ3v) is 5.53. The number of aromatic nitrogens is 3. The number of halogens is 4. The molecule has 0 unspecified atom stereocenters. The fourth-order valence-electron chi connectivity index (χ4n) is 2.44. The van der Waals surface area contributed by atoms with Crippen LogP contribution in [0, 0.1) is 0 Å². The molecular formula is C19H17BrF3N7OS. The van der Waals surface area contributed by atoms with Crippen molar-refractivity contribution < 1.29 is 18.0 Å². The second-order valence-corrected chi connectivity index (χ2v) is 8.27. The first-order valence-electron chi connectivity index (χ1n) is 9.00. The Morgan fingerprint density at radius 3 is 2.62 bits per heavy atom. The van der Waals surface area contributed by atoms with E-state index in [1.54, 1.807) is 6.92 Å². The summed E-state index contributed by atoms with van der Waals surface area (Å²) in [5.41, 5.74) is 3.49. The number of thioether (sulfide) groups is 1. The van der Waals surface area contributed by atoms with Crippen molar-refractivity contribution in [3.8, 4) is 0 Å². The first-order valence-corrected chi connectivity index (χ1v) is 10.8. The van der Waals surface area contributed by atoms with Crippen molar-refractivity contribution in [2.24, 2.45) is 5.10 Å². The van der Waals surface area contributed by atoms with Gasteiger partial charge >= 0.3 is 6.18 Å². The SMILES string of the molecule is C/C(=N\Nc1nnc(SCC(=O)Nc2cccc(C(F)(F)F)c2)n1N)c1ccc(Br)cc1. The number of nitrogens with zero attached hydrogens (tertiary/aromatic N) is 4. The topological polar surface area (TPSA) is 110 Å². The van der Waals surface area contributed by atoms with Crippen molar-refractivity contribution in [2.45, 2.75) is 18.3 Å². The van der Waals surface area contributed by atoms with Crippen LogP contribution >= 0.6 is 27.7 Å². The van der Waals surface area contributed by atoms with Crippen molar-refractivity contribution in [1.29, 1.82) is 0 Å². The minimum atomic E-state index is -4.49. The van der Waals surface area contributed by atoms with Gasteiger partial charge in [0, 0.05) is 10.2 Å². The maximum atomic E-state index is 12.8. The van der Waals surface area contributed by atoms with Crippen LogP contribution in [0.3, 0.4) is 0 Å². The molecule has 1 aromatic heterocycles. The number of hydrazone groups is 1. The van der Waals surface area contributed by atoms with Gasteiger partial charge in [0.05, 0.1) is 17.0 Å². The van der Waals surface area contributed by atoms with Crippen LogP contribution in [0.5, 0.6) is 0 Å². The van der Waals surface area contributed by atoms with E-state index in [4.69, 9.17) is 5.84 Å². The highest BCUT2D eigenvalue weighted by atomic mass is 79.9. The molecule has 13 heteroatoms. The van der Waals surface area contributed by atoms with E-state index in [2.05, 4.69) is 42.0 Å². The summed E-state index contributed by atoms with van der Waals surface area (Å²) in [6.45, 7) is 1.81. The summed E-state index contributed by atoms with van der Waals surface area (Å²) in [4.78, 5) is 12.1. The maximum absolute atomic E-state index is 12.8. The molecule has 168 valence electrons. The average Bonchev–Trinajstić information content (AvgIpc) is 3.10. The number of hydrogen-bond donors (Lipinski definition) is 3. The average molecular weight is 528 g/mol. The zero-order chi connectivity index (χ0) is 23.3. The standard InChI is InChI=1S/C19H17BrF3N7OS/c1-11(12-5-7-14(20)8-6-12)26-27-17-28-29-18(30(17)24)32-10-16(31)25-15-4-2-3-13(9-15)19(21,22)23/h2-9H,10,24H2,1H3,(H,25,31)(H,27,28)/b26-11+. The zero-order valence-electron chi connectivity index (χ0n) is 16.5. The minimum absolute atomic E-state index is 0.0414. The van der Waals surface area contributed by atoms with Gasteiger partial charge < -0.3 is 11.2 Å². The highest BCUT2D eigenvalue weighted by Gasteiger charge is 2.30. The molecule has 0 bridgehead atoms. The van der Waals surface area contributed by atoms with Crippen molar-refractivity contribution >= 4 is 50.9 Å². The fraction of sp³-hybridized carbons (Fsp3) is 0.158. The van der Waals surface area contributed by atoms with Gasteiger partial charge in [-0.15, -0.1) is 10.2 Å². The molecule has 0 aliphatic carbocycles. The summed E-state index contributed by atoms with van der Waals surface area (Å²) in [6.07, 6.45) is -4.49. The molecule has 0 fully saturated rings. The van der Waals surface area contributed by atoms with Crippen LogP contribution in [-0.2, 0) is 11.0 Å². The molecule has 0 saturated heterocycles. The van der Waals surface area contributed by atoms with E-state index in [-0.39, 0.29) is 22.5 Å². The van der Waals surface area contributed by atoms with Crippen LogP contribution < -0.4 is 16.6 Å². The molecular weight excluding hydrogens is 511 g/mol. The van der Waals surface area contributed by atoms with Crippen LogP contribution in [0.15, 0.2) is 63.3 Å². The molecule has 0 radical (unpaired) electrons. The predicted molar refractivity (Wildman–Crippen MR) is 121 cm³/mol. The lowest BCUT2D eigenvalue weighted by Crippen LogP contribution is -2.17. The number of anilines is 2. The lowest BCUT2D eigenvalue weighted by molar-refractivity contribution is -0.137. The van der Waals surface area contributed by atoms with E-state index < -0.39 is 17.6 Å². The normalized spacial score (nSPS) is 12.0. The van der Waals surface area contributed by atoms with Crippen molar-refractivity contribution in [3.05, 3.63) is 64.1 Å². The quantitative estimate of drug-likeness (QED) is 0.182. The largest absolute Gasteiger partial charge is 0.416 e. The molecule has 0 aliphatic heterocycles. The van der Waals surface area contributed by atoms with E-state index in [1.165, 1.54) is 12.1 Å². The molecule has 4 N–H and O–H groups in total. The number of nitrogens with two attached hydrogens (primary N) is 1. The van der Waals surface area contributed by atoms with Gasteiger partial charge in [-0.3, -0.25) is 4.79 Å². The van der Waals surface area contributed by atoms with Crippen LogP contribution in [0.25, 0.3) is 0 Å². The Morgan fingerprint density at radius 1 is 1.22 bits per heavy atom. The number of alkyl halides is 3. The summed E-state index contributed by atoms with van der Waals surface area (Å²) in [5.74, 6) is 5.44. The Balaban J connectivity index is 1.57. The minimum Gasteiger partial charge on any atom is -0.334 e. The van der Waals surface area contributed by atoms with Gasteiger partial charge in [-0.2, -0.15) is 18.3 Å². The van der Waals surface area contributed by atoms with Crippen molar-refractivity contribution in [3.63, 3.8) is 0 Å². The molecule has 3 aromatic rings. The Hall–Kier alpha value is -3.06. The third kappa shape index (κ3) is 6.23. The summed E-state index contributed by atoms with van der Waals surface area (Å²) >= 11 is 4.34. The number of carbonyl (C=O) groups is 1. The smallest absolute Gasteiger partial charge is 0.334 e. The van der Waals surface area contributed by atoms with E-state index in [1.807, 2.05) is 24.3 Å². The van der Waals surface area contributed by atoms with E-state index in [0.29, 0.717) is 5.71 Å². The molecule has 0 atom stereocenters. The van der Waals surface area contributed by atoms with Gasteiger partial charge in [-0.25, -0.2) is 10.1 Å². The first-order chi connectivity index (χ1) is 15.1. The molecule has 0 saturated carbocycles. The van der Waals surface area contributed by atoms with Gasteiger partial charge in [-0.1, -0.05) is 45.9 Å². The lowest BCUT2D eigenvalue weighted by atomic mass is 10.1. The second-order valence-electron chi connectivity index (χ2n) is 6.41. The molecule has 0 aliphatic rings. The van der Waals surface area contributed by atoms with Gasteiger partial charge in [-0.05, 0) is 42.8 Å². The van der Waals surface area contributed by atoms with Gasteiger partial charge in [0.1, 0.15) is 0 Å². The molecule has 3 rings (SSSR count). The Kier molecular flexibility index (Phi) is 7.40. The number of benzene rings is 2. The number of amides is 1.